The molecule has 0 spiro atoms. The largest absolute Gasteiger partial charge is 0.496 e. The molecule has 1 N–H and O–H groups in total. The van der Waals surface area contributed by atoms with Crippen LogP contribution in [0.2, 0.25) is 0 Å². The van der Waals surface area contributed by atoms with Gasteiger partial charge in [0.1, 0.15) is 18.1 Å². The molecule has 174 valence electrons. The van der Waals surface area contributed by atoms with Crippen LogP contribution in [0.1, 0.15) is 18.1 Å². The number of rotatable bonds is 7. The van der Waals surface area contributed by atoms with Crippen molar-refractivity contribution >= 4 is 11.6 Å². The summed E-state index contributed by atoms with van der Waals surface area (Å²) >= 11 is 0. The van der Waals surface area contributed by atoms with Gasteiger partial charge in [-0.2, -0.15) is 9.36 Å². The highest BCUT2D eigenvalue weighted by molar-refractivity contribution is 5.89. The van der Waals surface area contributed by atoms with E-state index < -0.39 is 0 Å². The van der Waals surface area contributed by atoms with Crippen LogP contribution in [0.25, 0.3) is 16.8 Å². The lowest BCUT2D eigenvalue weighted by atomic mass is 10.0. The zero-order valence-electron chi connectivity index (χ0n) is 19.4. The van der Waals surface area contributed by atoms with Gasteiger partial charge < -0.3 is 14.8 Å². The van der Waals surface area contributed by atoms with Gasteiger partial charge in [0.15, 0.2) is 0 Å². The number of aryl methyl sites for hydroxylation is 2. The molecule has 0 fully saturated rings. The molecule has 0 radical (unpaired) electrons. The van der Waals surface area contributed by atoms with Crippen molar-refractivity contribution in [3.05, 3.63) is 82.3 Å². The molecule has 0 aliphatic rings. The Kier molecular flexibility index (Phi) is 6.44. The van der Waals surface area contributed by atoms with E-state index >= 15 is 0 Å². The third kappa shape index (κ3) is 4.68. The maximum Gasteiger partial charge on any atom is 0.368 e. The molecule has 3 aromatic carbocycles. The summed E-state index contributed by atoms with van der Waals surface area (Å²) in [5.74, 6) is 1.17. The molecule has 0 aliphatic carbocycles. The van der Waals surface area contributed by atoms with Crippen LogP contribution in [0.15, 0.2) is 65.5 Å². The molecular weight excluding hydrogens is 434 g/mol. The number of nitrogens with zero attached hydrogens (tertiary/aromatic N) is 4. The molecule has 1 aromatic heterocycles. The Labute approximate surface area is 196 Å². The van der Waals surface area contributed by atoms with Crippen molar-refractivity contribution in [3.63, 3.8) is 0 Å². The number of hydrogen-bond donors (Lipinski definition) is 1. The molecule has 34 heavy (non-hydrogen) atoms. The molecule has 0 bridgehead atoms. The molecule has 0 saturated carbocycles. The zero-order valence-corrected chi connectivity index (χ0v) is 19.4. The number of aromatic nitrogens is 4. The maximum atomic E-state index is 12.4. The average molecular weight is 460 g/mol. The third-order valence-electron chi connectivity index (χ3n) is 5.34. The van der Waals surface area contributed by atoms with Crippen LogP contribution in [-0.4, -0.2) is 32.8 Å². The topological polar surface area (TPSA) is 100 Å². The first-order chi connectivity index (χ1) is 16.4. The average Bonchev–Trinajstić information content (AvgIpc) is 3.15. The first-order valence-electron chi connectivity index (χ1n) is 10.6. The minimum absolute atomic E-state index is 0.114. The number of methoxy groups -OCH3 is 1. The summed E-state index contributed by atoms with van der Waals surface area (Å²) in [6.07, 6.45) is 0. The number of ether oxygens (including phenoxy) is 2. The molecule has 0 atom stereocenters. The Balaban J connectivity index is 1.60. The second kappa shape index (κ2) is 9.62. The fourth-order valence-electron chi connectivity index (χ4n) is 3.67. The van der Waals surface area contributed by atoms with E-state index in [2.05, 4.69) is 15.7 Å². The van der Waals surface area contributed by atoms with Gasteiger partial charge in [0.05, 0.1) is 18.4 Å². The lowest BCUT2D eigenvalue weighted by Gasteiger charge is -2.16. The number of carbonyl (C=O) groups is 1. The highest BCUT2D eigenvalue weighted by atomic mass is 16.5. The molecule has 9 nitrogen and oxygen atoms in total. The Morgan fingerprint density at radius 2 is 1.76 bits per heavy atom. The van der Waals surface area contributed by atoms with Gasteiger partial charge in [-0.1, -0.05) is 24.3 Å². The molecule has 0 saturated heterocycles. The standard InChI is InChI=1S/C25H25N5O4/c1-16-13-19(18-7-5-8-20(14-18)26-17(2)31)11-12-23(16)34-15-21-22(9-6-10-24(21)33-4)30-25(32)29(3)27-28-30/h5-14H,15H2,1-4H3,(H,26,31). The zero-order chi connectivity index (χ0) is 24.2. The van der Waals surface area contributed by atoms with E-state index in [-0.39, 0.29) is 18.2 Å². The Hall–Kier alpha value is -4.40. The number of amides is 1. The smallest absolute Gasteiger partial charge is 0.368 e. The molecule has 9 heteroatoms. The van der Waals surface area contributed by atoms with Gasteiger partial charge in [0, 0.05) is 19.7 Å². The Morgan fingerprint density at radius 3 is 2.44 bits per heavy atom. The quantitative estimate of drug-likeness (QED) is 0.454. The number of carbonyl (C=O) groups excluding carboxylic acids is 1. The Bertz CT molecular complexity index is 1410. The van der Waals surface area contributed by atoms with Crippen LogP contribution in [0, 0.1) is 6.92 Å². The predicted octanol–water partition coefficient (Wildman–Crippen LogP) is 3.49. The van der Waals surface area contributed by atoms with E-state index in [0.717, 1.165) is 27.1 Å². The van der Waals surface area contributed by atoms with E-state index in [1.807, 2.05) is 55.5 Å². The molecular formula is C25H25N5O4. The summed E-state index contributed by atoms with van der Waals surface area (Å²) in [7, 11) is 3.11. The summed E-state index contributed by atoms with van der Waals surface area (Å²) in [4.78, 5) is 23.8. The van der Waals surface area contributed by atoms with Crippen molar-refractivity contribution in [2.24, 2.45) is 7.05 Å². The van der Waals surface area contributed by atoms with Gasteiger partial charge in [-0.15, -0.1) is 0 Å². The summed E-state index contributed by atoms with van der Waals surface area (Å²) in [6.45, 7) is 3.62. The minimum Gasteiger partial charge on any atom is -0.496 e. The number of hydrogen-bond acceptors (Lipinski definition) is 6. The van der Waals surface area contributed by atoms with Gasteiger partial charge in [-0.05, 0) is 70.4 Å². The molecule has 0 unspecified atom stereocenters. The highest BCUT2D eigenvalue weighted by Crippen LogP contribution is 2.30. The first kappa shape index (κ1) is 22.8. The van der Waals surface area contributed by atoms with E-state index in [0.29, 0.717) is 22.7 Å². The monoisotopic (exact) mass is 459 g/mol. The van der Waals surface area contributed by atoms with Crippen molar-refractivity contribution in [1.82, 2.24) is 19.8 Å². The number of tetrazole rings is 1. The van der Waals surface area contributed by atoms with Gasteiger partial charge >= 0.3 is 5.69 Å². The van der Waals surface area contributed by atoms with Crippen molar-refractivity contribution in [2.75, 3.05) is 12.4 Å². The van der Waals surface area contributed by atoms with Gasteiger partial charge in [-0.3, -0.25) is 4.79 Å². The van der Waals surface area contributed by atoms with Gasteiger partial charge in [-0.25, -0.2) is 4.79 Å². The fraction of sp³-hybridized carbons (Fsp3) is 0.200. The highest BCUT2D eigenvalue weighted by Gasteiger charge is 2.16. The summed E-state index contributed by atoms with van der Waals surface area (Å²) in [6, 6.07) is 18.9. The van der Waals surface area contributed by atoms with Gasteiger partial charge in [0.2, 0.25) is 5.91 Å². The second-order valence-electron chi connectivity index (χ2n) is 7.79. The second-order valence-corrected chi connectivity index (χ2v) is 7.79. The summed E-state index contributed by atoms with van der Waals surface area (Å²) in [5, 5.41) is 10.5. The molecule has 4 rings (SSSR count). The first-order valence-corrected chi connectivity index (χ1v) is 10.6. The van der Waals surface area contributed by atoms with Crippen molar-refractivity contribution in [3.8, 4) is 28.3 Å². The van der Waals surface area contributed by atoms with Crippen LogP contribution in [0.5, 0.6) is 11.5 Å². The van der Waals surface area contributed by atoms with Crippen molar-refractivity contribution in [2.45, 2.75) is 20.5 Å². The number of benzene rings is 3. The van der Waals surface area contributed by atoms with E-state index in [1.165, 1.54) is 11.6 Å². The predicted molar refractivity (Wildman–Crippen MR) is 128 cm³/mol. The van der Waals surface area contributed by atoms with Crippen LogP contribution in [0.3, 0.4) is 0 Å². The minimum atomic E-state index is -0.364. The lowest BCUT2D eigenvalue weighted by molar-refractivity contribution is -0.114. The summed E-state index contributed by atoms with van der Waals surface area (Å²) < 4.78 is 14.0. The molecule has 4 aromatic rings. The van der Waals surface area contributed by atoms with E-state index in [1.54, 1.807) is 26.3 Å². The van der Waals surface area contributed by atoms with Crippen LogP contribution < -0.4 is 20.5 Å². The molecule has 1 amide bonds. The van der Waals surface area contributed by atoms with E-state index in [4.69, 9.17) is 9.47 Å². The fourth-order valence-corrected chi connectivity index (χ4v) is 3.67. The third-order valence-corrected chi connectivity index (χ3v) is 5.34. The number of nitrogens with one attached hydrogen (secondary N) is 1. The normalized spacial score (nSPS) is 10.7. The van der Waals surface area contributed by atoms with Crippen LogP contribution >= 0.6 is 0 Å². The van der Waals surface area contributed by atoms with Crippen molar-refractivity contribution < 1.29 is 14.3 Å². The molecule has 0 aliphatic heterocycles. The summed E-state index contributed by atoms with van der Waals surface area (Å²) in [5.41, 5.74) is 4.52. The Morgan fingerprint density at radius 1 is 1.00 bits per heavy atom. The maximum absolute atomic E-state index is 12.4. The van der Waals surface area contributed by atoms with E-state index in [9.17, 15) is 9.59 Å². The molecule has 1 heterocycles. The van der Waals surface area contributed by atoms with Crippen LogP contribution in [-0.2, 0) is 18.4 Å². The lowest BCUT2D eigenvalue weighted by Crippen LogP contribution is -2.23. The SMILES string of the molecule is COc1cccc(-n2nnn(C)c2=O)c1COc1ccc(-c2cccc(NC(C)=O)c2)cc1C. The number of anilines is 1. The van der Waals surface area contributed by atoms with Crippen LogP contribution in [0.4, 0.5) is 5.69 Å². The van der Waals surface area contributed by atoms with Crippen molar-refractivity contribution in [1.29, 1.82) is 0 Å². The van der Waals surface area contributed by atoms with Gasteiger partial charge in [0.25, 0.3) is 0 Å².